The highest BCUT2D eigenvalue weighted by atomic mass is 19.2. The van der Waals surface area contributed by atoms with Crippen LogP contribution >= 0.6 is 0 Å². The van der Waals surface area contributed by atoms with E-state index in [9.17, 15) is 18.8 Å². The van der Waals surface area contributed by atoms with Gasteiger partial charge < -0.3 is 22.1 Å². The van der Waals surface area contributed by atoms with Gasteiger partial charge in [-0.05, 0) is 55.6 Å². The lowest BCUT2D eigenvalue weighted by atomic mass is 10.1. The molecular weight excluding hydrogens is 514 g/mol. The molecule has 0 unspecified atom stereocenters. The first kappa shape index (κ1) is 28.1. The van der Waals surface area contributed by atoms with Crippen LogP contribution in [0.25, 0.3) is 11.3 Å². The van der Waals surface area contributed by atoms with Gasteiger partial charge in [-0.15, -0.1) is 0 Å². The predicted octanol–water partition coefficient (Wildman–Crippen LogP) is 4.27. The molecule has 4 rings (SSSR count). The highest BCUT2D eigenvalue weighted by molar-refractivity contribution is 5.99. The first-order valence-corrected chi connectivity index (χ1v) is 12.6. The number of nitriles is 1. The number of amides is 1. The minimum atomic E-state index is -1.00. The number of hydrogen-bond donors (Lipinski definition) is 4. The van der Waals surface area contributed by atoms with Crippen molar-refractivity contribution in [3.05, 3.63) is 101 Å². The van der Waals surface area contributed by atoms with Crippen molar-refractivity contribution in [1.29, 1.82) is 5.26 Å². The number of carbonyl (C=O) groups is 1. The summed E-state index contributed by atoms with van der Waals surface area (Å²) < 4.78 is 27.0. The minimum absolute atomic E-state index is 0.146. The lowest BCUT2D eigenvalue weighted by Crippen LogP contribution is -2.28. The molecule has 2 aromatic carbocycles. The zero-order valence-corrected chi connectivity index (χ0v) is 21.8. The van der Waals surface area contributed by atoms with Crippen LogP contribution in [0.15, 0.2) is 60.9 Å². The Bertz CT molecular complexity index is 1550. The van der Waals surface area contributed by atoms with E-state index >= 15 is 0 Å². The second-order valence-corrected chi connectivity index (χ2v) is 9.13. The monoisotopic (exact) mass is 542 g/mol. The standard InChI is InChI=1S/C29H28F2N8O/c1-17(21-8-9-23(30)24(31)12-21)38-29(40)22-11-19(13-33)15-37-28(22)36-14-18-4-6-20(7-5-18)26-16-35-27(34)25(39-26)3-2-10-32/h4-9,11-12,15-17H,2-3,10,14,32H2,1H3,(H2,34,35)(H,36,37)(H,38,40)/t17-/m0/s1. The molecule has 0 fully saturated rings. The summed E-state index contributed by atoms with van der Waals surface area (Å²) in [5.41, 5.74) is 15.5. The third-order valence-corrected chi connectivity index (χ3v) is 6.26. The van der Waals surface area contributed by atoms with Crippen LogP contribution in [0.1, 0.15) is 52.1 Å². The van der Waals surface area contributed by atoms with Crippen molar-refractivity contribution in [2.45, 2.75) is 32.4 Å². The van der Waals surface area contributed by atoms with Crippen LogP contribution in [0, 0.1) is 23.0 Å². The topological polar surface area (TPSA) is 156 Å². The van der Waals surface area contributed by atoms with Crippen molar-refractivity contribution in [2.24, 2.45) is 5.73 Å². The van der Waals surface area contributed by atoms with Crippen LogP contribution in [0.3, 0.4) is 0 Å². The summed E-state index contributed by atoms with van der Waals surface area (Å²) in [5.74, 6) is -1.83. The van der Waals surface area contributed by atoms with E-state index in [4.69, 9.17) is 11.5 Å². The van der Waals surface area contributed by atoms with E-state index in [2.05, 4.69) is 25.6 Å². The van der Waals surface area contributed by atoms with Crippen LogP contribution in [0.2, 0.25) is 0 Å². The Kier molecular flexibility index (Phi) is 8.93. The number of benzene rings is 2. The Balaban J connectivity index is 1.47. The van der Waals surface area contributed by atoms with Gasteiger partial charge in [0.15, 0.2) is 11.6 Å². The van der Waals surface area contributed by atoms with Crippen molar-refractivity contribution in [2.75, 3.05) is 17.6 Å². The van der Waals surface area contributed by atoms with Gasteiger partial charge in [-0.3, -0.25) is 4.79 Å². The maximum atomic E-state index is 13.7. The van der Waals surface area contributed by atoms with Crippen LogP contribution in [0.5, 0.6) is 0 Å². The van der Waals surface area contributed by atoms with Crippen molar-refractivity contribution >= 4 is 17.5 Å². The zero-order valence-electron chi connectivity index (χ0n) is 21.8. The van der Waals surface area contributed by atoms with Gasteiger partial charge in [-0.25, -0.2) is 23.7 Å². The van der Waals surface area contributed by atoms with Crippen molar-refractivity contribution in [3.63, 3.8) is 0 Å². The molecular formula is C29H28F2N8O. The van der Waals surface area contributed by atoms with E-state index < -0.39 is 23.6 Å². The first-order chi connectivity index (χ1) is 19.3. The molecule has 0 saturated heterocycles. The summed E-state index contributed by atoms with van der Waals surface area (Å²) in [6, 6.07) is 13.8. The number of nitrogens with one attached hydrogen (secondary N) is 2. The molecule has 204 valence electrons. The zero-order chi connectivity index (χ0) is 28.6. The number of halogens is 2. The molecule has 40 heavy (non-hydrogen) atoms. The van der Waals surface area contributed by atoms with Crippen molar-refractivity contribution < 1.29 is 13.6 Å². The van der Waals surface area contributed by atoms with E-state index in [1.807, 2.05) is 30.3 Å². The Hall–Kier alpha value is -4.95. The molecule has 2 heterocycles. The molecule has 6 N–H and O–H groups in total. The SMILES string of the molecule is C[C@H](NC(=O)c1cc(C#N)cnc1NCc1ccc(-c2cnc(N)c(CCCN)n2)cc1)c1ccc(F)c(F)c1. The number of aromatic nitrogens is 3. The highest BCUT2D eigenvalue weighted by Crippen LogP contribution is 2.22. The van der Waals surface area contributed by atoms with Crippen LogP contribution in [0.4, 0.5) is 20.4 Å². The minimum Gasteiger partial charge on any atom is -0.382 e. The largest absolute Gasteiger partial charge is 0.382 e. The van der Waals surface area contributed by atoms with Gasteiger partial charge in [0, 0.05) is 18.3 Å². The normalized spacial score (nSPS) is 11.5. The molecule has 0 aliphatic carbocycles. The second kappa shape index (κ2) is 12.7. The molecule has 0 aliphatic heterocycles. The lowest BCUT2D eigenvalue weighted by Gasteiger charge is -2.17. The van der Waals surface area contributed by atoms with Gasteiger partial charge in [0.25, 0.3) is 5.91 Å². The average molecular weight is 543 g/mol. The fourth-order valence-electron chi connectivity index (χ4n) is 3.99. The average Bonchev–Trinajstić information content (AvgIpc) is 2.97. The van der Waals surface area contributed by atoms with Crippen LogP contribution in [-0.4, -0.2) is 27.4 Å². The maximum absolute atomic E-state index is 13.7. The lowest BCUT2D eigenvalue weighted by molar-refractivity contribution is 0.0940. The van der Waals surface area contributed by atoms with Crippen LogP contribution in [-0.2, 0) is 13.0 Å². The van der Waals surface area contributed by atoms with Gasteiger partial charge >= 0.3 is 0 Å². The Morgan fingerprint density at radius 2 is 1.85 bits per heavy atom. The third-order valence-electron chi connectivity index (χ3n) is 6.26. The summed E-state index contributed by atoms with van der Waals surface area (Å²) in [6.45, 7) is 2.53. The fourth-order valence-corrected chi connectivity index (χ4v) is 3.99. The number of anilines is 2. The van der Waals surface area contributed by atoms with E-state index in [0.29, 0.717) is 42.3 Å². The van der Waals surface area contributed by atoms with Gasteiger partial charge in [-0.2, -0.15) is 5.26 Å². The summed E-state index contributed by atoms with van der Waals surface area (Å²) >= 11 is 0. The molecule has 1 amide bonds. The highest BCUT2D eigenvalue weighted by Gasteiger charge is 2.18. The number of nitrogens with two attached hydrogens (primary N) is 2. The molecule has 0 saturated carbocycles. The Labute approximate surface area is 230 Å². The molecule has 2 aromatic heterocycles. The summed E-state index contributed by atoms with van der Waals surface area (Å²) in [4.78, 5) is 26.2. The first-order valence-electron chi connectivity index (χ1n) is 12.6. The third kappa shape index (κ3) is 6.73. The number of rotatable bonds is 10. The molecule has 0 bridgehead atoms. The number of hydrogen-bond acceptors (Lipinski definition) is 8. The van der Waals surface area contributed by atoms with E-state index in [-0.39, 0.29) is 16.9 Å². The quantitative estimate of drug-likeness (QED) is 0.232. The molecule has 9 nitrogen and oxygen atoms in total. The summed E-state index contributed by atoms with van der Waals surface area (Å²) in [5, 5.41) is 15.2. The van der Waals surface area contributed by atoms with E-state index in [1.54, 1.807) is 13.1 Å². The molecule has 0 aliphatic rings. The second-order valence-electron chi connectivity index (χ2n) is 9.13. The molecule has 11 heteroatoms. The van der Waals surface area contributed by atoms with Crippen molar-refractivity contribution in [3.8, 4) is 17.3 Å². The fraction of sp³-hybridized carbons (Fsp3) is 0.207. The molecule has 4 aromatic rings. The summed E-state index contributed by atoms with van der Waals surface area (Å²) in [6.07, 6.45) is 4.41. The number of carbonyl (C=O) groups excluding carboxylic acids is 1. The molecule has 0 radical (unpaired) electrons. The number of aryl methyl sites for hydroxylation is 1. The van der Waals surface area contributed by atoms with Gasteiger partial charge in [0.05, 0.1) is 34.8 Å². The maximum Gasteiger partial charge on any atom is 0.255 e. The van der Waals surface area contributed by atoms with E-state index in [1.165, 1.54) is 18.3 Å². The predicted molar refractivity (Wildman–Crippen MR) is 148 cm³/mol. The number of nitrogen functional groups attached to an aromatic ring is 1. The number of pyridine rings is 1. The van der Waals surface area contributed by atoms with Crippen LogP contribution < -0.4 is 22.1 Å². The Morgan fingerprint density at radius 1 is 1.07 bits per heavy atom. The molecule has 0 spiro atoms. The summed E-state index contributed by atoms with van der Waals surface area (Å²) in [7, 11) is 0. The van der Waals surface area contributed by atoms with Gasteiger partial charge in [-0.1, -0.05) is 30.3 Å². The van der Waals surface area contributed by atoms with E-state index in [0.717, 1.165) is 29.7 Å². The van der Waals surface area contributed by atoms with Crippen molar-refractivity contribution in [1.82, 2.24) is 20.3 Å². The van der Waals surface area contributed by atoms with Gasteiger partial charge in [0.2, 0.25) is 0 Å². The van der Waals surface area contributed by atoms with Gasteiger partial charge in [0.1, 0.15) is 17.7 Å². The molecule has 1 atom stereocenters. The Morgan fingerprint density at radius 3 is 2.55 bits per heavy atom. The number of nitrogens with zero attached hydrogens (tertiary/aromatic N) is 4. The smallest absolute Gasteiger partial charge is 0.255 e.